The molecule has 0 aliphatic carbocycles. The first-order valence-corrected chi connectivity index (χ1v) is 10.1. The fourth-order valence-electron chi connectivity index (χ4n) is 3.08. The topological polar surface area (TPSA) is 47.9 Å². The molecule has 2 aliphatic heterocycles. The summed E-state index contributed by atoms with van der Waals surface area (Å²) >= 11 is 2.06. The summed E-state index contributed by atoms with van der Waals surface area (Å²) in [7, 11) is 0. The van der Waals surface area contributed by atoms with Gasteiger partial charge in [-0.3, -0.25) is 4.79 Å². The molecule has 1 amide bonds. The van der Waals surface area contributed by atoms with Crippen LogP contribution in [0.5, 0.6) is 0 Å². The second-order valence-corrected chi connectivity index (χ2v) is 8.06. The summed E-state index contributed by atoms with van der Waals surface area (Å²) in [5, 5.41) is 4.01. The fraction of sp³-hybridized carbons (Fsp3) is 0.882. The number of likely N-dealkylation sites (tertiary alicyclic amines) is 1. The lowest BCUT2D eigenvalue weighted by Gasteiger charge is -2.36. The first kappa shape index (κ1) is 21.9. The van der Waals surface area contributed by atoms with Crippen LogP contribution in [0.3, 0.4) is 0 Å². The van der Waals surface area contributed by atoms with E-state index < -0.39 is 0 Å². The van der Waals surface area contributed by atoms with Crippen molar-refractivity contribution in [2.24, 2.45) is 10.9 Å². The van der Waals surface area contributed by atoms with Crippen molar-refractivity contribution in [3.8, 4) is 0 Å². The van der Waals surface area contributed by atoms with Crippen molar-refractivity contribution >= 4 is 47.6 Å². The number of carbonyl (C=O) groups is 1. The van der Waals surface area contributed by atoms with E-state index in [1.807, 2.05) is 4.90 Å². The van der Waals surface area contributed by atoms with E-state index in [0.29, 0.717) is 11.2 Å². The number of thioether (sulfide) groups is 1. The molecule has 0 aromatic rings. The number of halogens is 1. The maximum atomic E-state index is 12.3. The number of rotatable bonds is 4. The Morgan fingerprint density at radius 1 is 1.21 bits per heavy atom. The maximum absolute atomic E-state index is 12.3. The molecule has 1 unspecified atom stereocenters. The molecule has 5 nitrogen and oxygen atoms in total. The molecule has 140 valence electrons. The molecule has 0 aromatic carbocycles. The minimum Gasteiger partial charge on any atom is -0.357 e. The summed E-state index contributed by atoms with van der Waals surface area (Å²) in [6, 6.07) is 0. The van der Waals surface area contributed by atoms with Crippen LogP contribution in [0.1, 0.15) is 40.0 Å². The molecule has 2 fully saturated rings. The molecule has 2 heterocycles. The second kappa shape index (κ2) is 11.4. The van der Waals surface area contributed by atoms with Crippen LogP contribution >= 0.6 is 35.7 Å². The zero-order valence-electron chi connectivity index (χ0n) is 15.3. The molecule has 1 atom stereocenters. The molecule has 0 aromatic heterocycles. The number of nitrogens with zero attached hydrogens (tertiary/aromatic N) is 3. The van der Waals surface area contributed by atoms with Gasteiger partial charge in [-0.25, -0.2) is 4.99 Å². The lowest BCUT2D eigenvalue weighted by molar-refractivity contribution is -0.130. The van der Waals surface area contributed by atoms with Crippen molar-refractivity contribution in [1.82, 2.24) is 15.1 Å². The van der Waals surface area contributed by atoms with Crippen LogP contribution in [-0.4, -0.2) is 71.9 Å². The third-order valence-electron chi connectivity index (χ3n) is 4.54. The highest BCUT2D eigenvalue weighted by Gasteiger charge is 2.25. The molecule has 1 N–H and O–H groups in total. The number of aliphatic imine (C=N–C) groups is 1. The van der Waals surface area contributed by atoms with Gasteiger partial charge < -0.3 is 15.1 Å². The van der Waals surface area contributed by atoms with Gasteiger partial charge in [-0.1, -0.05) is 13.8 Å². The highest BCUT2D eigenvalue weighted by molar-refractivity contribution is 14.0. The van der Waals surface area contributed by atoms with Crippen LogP contribution in [0, 0.1) is 5.92 Å². The SMILES string of the molecule is CCNC(=NCC(=O)N1CCCCC1)N1CCSC(C(C)C)C1.I. The summed E-state index contributed by atoms with van der Waals surface area (Å²) < 4.78 is 0. The third kappa shape index (κ3) is 6.61. The van der Waals surface area contributed by atoms with E-state index in [4.69, 9.17) is 0 Å². The number of carbonyl (C=O) groups excluding carboxylic acids is 1. The zero-order chi connectivity index (χ0) is 16.7. The smallest absolute Gasteiger partial charge is 0.244 e. The Hall–Kier alpha value is -0.180. The Kier molecular flexibility index (Phi) is 10.4. The Balaban J connectivity index is 0.00000288. The van der Waals surface area contributed by atoms with Gasteiger partial charge in [-0.05, 0) is 32.1 Å². The van der Waals surface area contributed by atoms with Crippen molar-refractivity contribution in [2.45, 2.75) is 45.3 Å². The lowest BCUT2D eigenvalue weighted by Crippen LogP contribution is -2.49. The molecule has 24 heavy (non-hydrogen) atoms. The van der Waals surface area contributed by atoms with E-state index in [-0.39, 0.29) is 36.4 Å². The van der Waals surface area contributed by atoms with E-state index in [1.165, 1.54) is 6.42 Å². The monoisotopic (exact) mass is 468 g/mol. The summed E-state index contributed by atoms with van der Waals surface area (Å²) in [6.45, 7) is 11.6. The van der Waals surface area contributed by atoms with Gasteiger partial charge in [0.1, 0.15) is 6.54 Å². The molecular formula is C17H33IN4OS. The van der Waals surface area contributed by atoms with Gasteiger partial charge in [0.15, 0.2) is 5.96 Å². The van der Waals surface area contributed by atoms with Gasteiger partial charge in [-0.15, -0.1) is 24.0 Å². The van der Waals surface area contributed by atoms with Crippen LogP contribution in [0.25, 0.3) is 0 Å². The average Bonchev–Trinajstić information content (AvgIpc) is 2.59. The molecule has 2 aliphatic rings. The Bertz CT molecular complexity index is 413. The van der Waals surface area contributed by atoms with Gasteiger partial charge in [0.05, 0.1) is 0 Å². The normalized spacial score (nSPS) is 22.3. The first-order chi connectivity index (χ1) is 11.1. The molecule has 2 rings (SSSR count). The number of guanidine groups is 1. The van der Waals surface area contributed by atoms with Crippen LogP contribution in [0.4, 0.5) is 0 Å². The van der Waals surface area contributed by atoms with Crippen molar-refractivity contribution in [1.29, 1.82) is 0 Å². The average molecular weight is 468 g/mol. The van der Waals surface area contributed by atoms with Crippen molar-refractivity contribution < 1.29 is 4.79 Å². The third-order valence-corrected chi connectivity index (χ3v) is 6.08. The highest BCUT2D eigenvalue weighted by Crippen LogP contribution is 2.24. The number of amides is 1. The van der Waals surface area contributed by atoms with Gasteiger partial charge in [0.2, 0.25) is 5.91 Å². The summed E-state index contributed by atoms with van der Waals surface area (Å²) in [5.41, 5.74) is 0. The molecule has 0 radical (unpaired) electrons. The van der Waals surface area contributed by atoms with Crippen molar-refractivity contribution in [3.05, 3.63) is 0 Å². The van der Waals surface area contributed by atoms with E-state index in [1.54, 1.807) is 0 Å². The summed E-state index contributed by atoms with van der Waals surface area (Å²) in [5.74, 6) is 2.88. The number of hydrogen-bond donors (Lipinski definition) is 1. The molecule has 0 bridgehead atoms. The Labute approximate surface area is 168 Å². The summed E-state index contributed by atoms with van der Waals surface area (Å²) in [4.78, 5) is 21.3. The number of nitrogens with one attached hydrogen (secondary N) is 1. The molecular weight excluding hydrogens is 435 g/mol. The maximum Gasteiger partial charge on any atom is 0.244 e. The van der Waals surface area contributed by atoms with Crippen LogP contribution in [0.15, 0.2) is 4.99 Å². The van der Waals surface area contributed by atoms with Crippen LogP contribution < -0.4 is 5.32 Å². The summed E-state index contributed by atoms with van der Waals surface area (Å²) in [6.07, 6.45) is 3.52. The molecule has 0 saturated carbocycles. The Morgan fingerprint density at radius 2 is 1.92 bits per heavy atom. The van der Waals surface area contributed by atoms with Gasteiger partial charge >= 0.3 is 0 Å². The lowest BCUT2D eigenvalue weighted by atomic mass is 10.1. The molecule has 0 spiro atoms. The minimum absolute atomic E-state index is 0. The van der Waals surface area contributed by atoms with Gasteiger partial charge in [-0.2, -0.15) is 11.8 Å². The van der Waals surface area contributed by atoms with Gasteiger partial charge in [0.25, 0.3) is 0 Å². The van der Waals surface area contributed by atoms with Crippen molar-refractivity contribution in [3.63, 3.8) is 0 Å². The number of hydrogen-bond acceptors (Lipinski definition) is 3. The zero-order valence-corrected chi connectivity index (χ0v) is 18.4. The molecule has 2 saturated heterocycles. The van der Waals surface area contributed by atoms with Gasteiger partial charge in [0, 0.05) is 43.7 Å². The quantitative estimate of drug-likeness (QED) is 0.392. The van der Waals surface area contributed by atoms with E-state index >= 15 is 0 Å². The predicted molar refractivity (Wildman–Crippen MR) is 114 cm³/mol. The van der Waals surface area contributed by atoms with Crippen LogP contribution in [-0.2, 0) is 4.79 Å². The standard InChI is InChI=1S/C17H32N4OS.HI/c1-4-18-17(21-10-11-23-15(13-21)14(2)3)19-12-16(22)20-8-6-5-7-9-20;/h14-15H,4-13H2,1-3H3,(H,18,19);1H. The Morgan fingerprint density at radius 3 is 2.54 bits per heavy atom. The highest BCUT2D eigenvalue weighted by atomic mass is 127. The largest absolute Gasteiger partial charge is 0.357 e. The minimum atomic E-state index is 0. The van der Waals surface area contributed by atoms with Crippen LogP contribution in [0.2, 0.25) is 0 Å². The number of piperidine rings is 1. The second-order valence-electron chi connectivity index (χ2n) is 6.71. The van der Waals surface area contributed by atoms with E-state index in [9.17, 15) is 4.79 Å². The van der Waals surface area contributed by atoms with E-state index in [2.05, 4.69) is 47.7 Å². The predicted octanol–water partition coefficient (Wildman–Crippen LogP) is 2.66. The first-order valence-electron chi connectivity index (χ1n) is 9.04. The fourth-order valence-corrected chi connectivity index (χ4v) is 4.38. The van der Waals surface area contributed by atoms with Crippen molar-refractivity contribution in [2.75, 3.05) is 45.0 Å². The molecule has 7 heteroatoms. The van der Waals surface area contributed by atoms with E-state index in [0.717, 1.165) is 57.3 Å².